The summed E-state index contributed by atoms with van der Waals surface area (Å²) in [6.07, 6.45) is 4.80. The number of hydrogen-bond acceptors (Lipinski definition) is 4. The number of hydrogen-bond donors (Lipinski definition) is 2. The van der Waals surface area contributed by atoms with Crippen LogP contribution in [0.5, 0.6) is 0 Å². The maximum absolute atomic E-state index is 13.2. The second kappa shape index (κ2) is 10.9. The third kappa shape index (κ3) is 6.26. The summed E-state index contributed by atoms with van der Waals surface area (Å²) in [6, 6.07) is 21.8. The monoisotopic (exact) mass is 442 g/mol. The van der Waals surface area contributed by atoms with Gasteiger partial charge in [0.1, 0.15) is 0 Å². The molecule has 2 aromatic carbocycles. The fraction of sp³-hybridized carbons (Fsp3) is 0.296. The van der Waals surface area contributed by atoms with Crippen molar-refractivity contribution in [3.05, 3.63) is 90.3 Å². The van der Waals surface area contributed by atoms with Crippen LogP contribution in [0.15, 0.2) is 79.1 Å². The zero-order chi connectivity index (χ0) is 23.0. The Morgan fingerprint density at radius 2 is 1.88 bits per heavy atom. The quantitative estimate of drug-likeness (QED) is 0.562. The average Bonchev–Trinajstić information content (AvgIpc) is 2.83. The minimum atomic E-state index is -0.319. The van der Waals surface area contributed by atoms with Gasteiger partial charge in [0.2, 0.25) is 11.8 Å². The summed E-state index contributed by atoms with van der Waals surface area (Å²) in [5.74, 6) is -0.00243. The number of rotatable bonds is 8. The molecule has 4 rings (SSSR count). The number of nitrogens with one attached hydrogen (secondary N) is 2. The van der Waals surface area contributed by atoms with Gasteiger partial charge in [-0.25, -0.2) is 0 Å². The maximum atomic E-state index is 13.2. The van der Waals surface area contributed by atoms with Crippen LogP contribution in [0, 0.1) is 0 Å². The molecule has 6 heteroatoms. The molecule has 2 N–H and O–H groups in total. The summed E-state index contributed by atoms with van der Waals surface area (Å²) in [5.41, 5.74) is 4.37. The maximum Gasteiger partial charge on any atom is 0.240 e. The summed E-state index contributed by atoms with van der Waals surface area (Å²) in [5, 5.41) is 6.42. The fourth-order valence-corrected chi connectivity index (χ4v) is 4.40. The smallest absolute Gasteiger partial charge is 0.240 e. The number of carbonyl (C=O) groups excluding carboxylic acids is 2. The normalized spacial score (nSPS) is 16.9. The number of aromatic nitrogens is 1. The molecule has 0 unspecified atom stereocenters. The van der Waals surface area contributed by atoms with Crippen LogP contribution in [0.2, 0.25) is 0 Å². The zero-order valence-electron chi connectivity index (χ0n) is 18.9. The van der Waals surface area contributed by atoms with Gasteiger partial charge in [-0.15, -0.1) is 0 Å². The highest BCUT2D eigenvalue weighted by atomic mass is 16.2. The molecule has 2 heterocycles. The van der Waals surface area contributed by atoms with Gasteiger partial charge in [0.25, 0.3) is 0 Å². The van der Waals surface area contributed by atoms with Crippen molar-refractivity contribution in [3.8, 4) is 11.1 Å². The Kier molecular flexibility index (Phi) is 7.47. The van der Waals surface area contributed by atoms with E-state index in [4.69, 9.17) is 0 Å². The Balaban J connectivity index is 1.45. The largest absolute Gasteiger partial charge is 0.353 e. The van der Waals surface area contributed by atoms with Crippen LogP contribution >= 0.6 is 0 Å². The van der Waals surface area contributed by atoms with E-state index in [1.807, 2.05) is 59.6 Å². The van der Waals surface area contributed by atoms with Crippen LogP contribution in [0.1, 0.15) is 24.5 Å². The van der Waals surface area contributed by atoms with E-state index in [2.05, 4.69) is 33.8 Å². The molecule has 0 bridgehead atoms. The lowest BCUT2D eigenvalue weighted by Gasteiger charge is -2.35. The summed E-state index contributed by atoms with van der Waals surface area (Å²) in [4.78, 5) is 31.2. The molecule has 0 radical (unpaired) electrons. The standard InChI is InChI=1S/C27H30N4O2/c1-20(32)30-25(16-22-9-5-10-23(15-22)24-11-6-12-28-18-24)17-26-27(33)31(14-13-29-26)19-21-7-3-2-4-8-21/h2-12,15,18,25-26,29H,13-14,16-17,19H2,1H3,(H,30,32)/t25-,26-/m0/s1. The van der Waals surface area contributed by atoms with E-state index in [0.717, 1.165) is 28.8 Å². The van der Waals surface area contributed by atoms with Crippen molar-refractivity contribution in [2.75, 3.05) is 13.1 Å². The molecule has 2 amide bonds. The third-order valence-electron chi connectivity index (χ3n) is 5.93. The van der Waals surface area contributed by atoms with Crippen LogP contribution in [0.3, 0.4) is 0 Å². The minimum Gasteiger partial charge on any atom is -0.353 e. The lowest BCUT2D eigenvalue weighted by Crippen LogP contribution is -2.56. The van der Waals surface area contributed by atoms with Crippen molar-refractivity contribution in [2.45, 2.75) is 38.4 Å². The first-order valence-electron chi connectivity index (χ1n) is 11.4. The van der Waals surface area contributed by atoms with E-state index in [9.17, 15) is 9.59 Å². The molecule has 0 saturated carbocycles. The molecule has 1 fully saturated rings. The molecular formula is C27H30N4O2. The Bertz CT molecular complexity index is 1070. The summed E-state index contributed by atoms with van der Waals surface area (Å²) in [6.45, 7) is 3.56. The molecule has 33 heavy (non-hydrogen) atoms. The van der Waals surface area contributed by atoms with Gasteiger partial charge >= 0.3 is 0 Å². The number of piperazine rings is 1. The Hall–Kier alpha value is -3.51. The molecule has 0 spiro atoms. The molecule has 1 saturated heterocycles. The molecular weight excluding hydrogens is 412 g/mol. The zero-order valence-corrected chi connectivity index (χ0v) is 18.9. The van der Waals surface area contributed by atoms with Crippen molar-refractivity contribution in [1.29, 1.82) is 0 Å². The van der Waals surface area contributed by atoms with Gasteiger partial charge in [0.15, 0.2) is 0 Å². The summed E-state index contributed by atoms with van der Waals surface area (Å²) in [7, 11) is 0. The van der Waals surface area contributed by atoms with E-state index in [-0.39, 0.29) is 23.9 Å². The number of benzene rings is 2. The first kappa shape index (κ1) is 22.7. The predicted octanol–water partition coefficient (Wildman–Crippen LogP) is 3.19. The Labute approximate surface area is 195 Å². The van der Waals surface area contributed by atoms with E-state index < -0.39 is 0 Å². The third-order valence-corrected chi connectivity index (χ3v) is 5.93. The number of amides is 2. The van der Waals surface area contributed by atoms with Crippen LogP contribution < -0.4 is 10.6 Å². The molecule has 6 nitrogen and oxygen atoms in total. The van der Waals surface area contributed by atoms with E-state index in [1.54, 1.807) is 6.20 Å². The van der Waals surface area contributed by atoms with Gasteiger partial charge < -0.3 is 15.5 Å². The van der Waals surface area contributed by atoms with Gasteiger partial charge in [-0.3, -0.25) is 14.6 Å². The molecule has 1 aromatic heterocycles. The lowest BCUT2D eigenvalue weighted by atomic mass is 9.95. The lowest BCUT2D eigenvalue weighted by molar-refractivity contribution is -0.137. The molecule has 3 aromatic rings. The fourth-order valence-electron chi connectivity index (χ4n) is 4.40. The Morgan fingerprint density at radius 3 is 2.64 bits per heavy atom. The van der Waals surface area contributed by atoms with E-state index in [1.165, 1.54) is 6.92 Å². The predicted molar refractivity (Wildman–Crippen MR) is 129 cm³/mol. The molecule has 1 aliphatic heterocycles. The Morgan fingerprint density at radius 1 is 1.09 bits per heavy atom. The molecule has 1 aliphatic rings. The average molecular weight is 443 g/mol. The first-order valence-corrected chi connectivity index (χ1v) is 11.4. The SMILES string of the molecule is CC(=O)N[C@@H](Cc1cccc(-c2cccnc2)c1)C[C@@H]1NCCN(Cc2ccccc2)C1=O. The van der Waals surface area contributed by atoms with Crippen molar-refractivity contribution in [3.63, 3.8) is 0 Å². The van der Waals surface area contributed by atoms with Gasteiger partial charge in [-0.1, -0.05) is 60.7 Å². The van der Waals surface area contributed by atoms with Gasteiger partial charge in [-0.2, -0.15) is 0 Å². The highest BCUT2D eigenvalue weighted by molar-refractivity contribution is 5.83. The minimum absolute atomic E-state index is 0.0876. The van der Waals surface area contributed by atoms with Gasteiger partial charge in [0, 0.05) is 45.0 Å². The second-order valence-electron chi connectivity index (χ2n) is 8.53. The number of pyridine rings is 1. The van der Waals surface area contributed by atoms with Crippen molar-refractivity contribution >= 4 is 11.8 Å². The highest BCUT2D eigenvalue weighted by Gasteiger charge is 2.30. The van der Waals surface area contributed by atoms with Crippen LogP contribution in [0.25, 0.3) is 11.1 Å². The van der Waals surface area contributed by atoms with Crippen LogP contribution in [0.4, 0.5) is 0 Å². The number of carbonyl (C=O) groups is 2. The van der Waals surface area contributed by atoms with E-state index in [0.29, 0.717) is 25.9 Å². The van der Waals surface area contributed by atoms with Crippen molar-refractivity contribution in [1.82, 2.24) is 20.5 Å². The highest BCUT2D eigenvalue weighted by Crippen LogP contribution is 2.21. The summed E-state index contributed by atoms with van der Waals surface area (Å²) < 4.78 is 0. The topological polar surface area (TPSA) is 74.3 Å². The van der Waals surface area contributed by atoms with E-state index >= 15 is 0 Å². The van der Waals surface area contributed by atoms with Gasteiger partial charge in [-0.05, 0) is 41.2 Å². The van der Waals surface area contributed by atoms with Crippen LogP contribution in [-0.4, -0.2) is 46.9 Å². The second-order valence-corrected chi connectivity index (χ2v) is 8.53. The van der Waals surface area contributed by atoms with Crippen molar-refractivity contribution in [2.24, 2.45) is 0 Å². The molecule has 0 aliphatic carbocycles. The van der Waals surface area contributed by atoms with Gasteiger partial charge in [0.05, 0.1) is 6.04 Å². The molecule has 2 atom stereocenters. The summed E-state index contributed by atoms with van der Waals surface area (Å²) >= 11 is 0. The first-order chi connectivity index (χ1) is 16.1. The molecule has 170 valence electrons. The van der Waals surface area contributed by atoms with Crippen LogP contribution in [-0.2, 0) is 22.6 Å². The van der Waals surface area contributed by atoms with Crippen molar-refractivity contribution < 1.29 is 9.59 Å². The number of nitrogens with zero attached hydrogens (tertiary/aromatic N) is 2.